The normalized spacial score (nSPS) is 12.1. The maximum Gasteiger partial charge on any atom is 0.309 e. The molecule has 1 unspecified atom stereocenters. The number of benzene rings is 1. The summed E-state index contributed by atoms with van der Waals surface area (Å²) in [6.07, 6.45) is 7.81. The second-order valence-electron chi connectivity index (χ2n) is 6.23. The van der Waals surface area contributed by atoms with Gasteiger partial charge in [0.1, 0.15) is 0 Å². The van der Waals surface area contributed by atoms with Crippen LogP contribution in [-0.2, 0) is 13.0 Å². The molecule has 1 atom stereocenters. The fourth-order valence-electron chi connectivity index (χ4n) is 2.61. The van der Waals surface area contributed by atoms with Crippen molar-refractivity contribution in [2.24, 2.45) is 0 Å². The molecule has 0 N–H and O–H groups in total. The van der Waals surface area contributed by atoms with E-state index in [0.717, 1.165) is 36.8 Å². The molecule has 1 aromatic heterocycles. The molecule has 25 heavy (non-hydrogen) atoms. The fourth-order valence-corrected chi connectivity index (χ4v) is 3.01. The SMILES string of the molecule is CCCOc1c(CCCC(C)SC)cnn(Cc2ccccc2)c1=O. The zero-order chi connectivity index (χ0) is 18.1. The van der Waals surface area contributed by atoms with Gasteiger partial charge in [0, 0.05) is 10.8 Å². The number of thioether (sulfide) groups is 1. The number of rotatable bonds is 10. The average molecular weight is 361 g/mol. The highest BCUT2D eigenvalue weighted by atomic mass is 32.2. The zero-order valence-corrected chi connectivity index (χ0v) is 16.2. The van der Waals surface area contributed by atoms with Crippen molar-refractivity contribution in [2.45, 2.75) is 51.3 Å². The van der Waals surface area contributed by atoms with E-state index in [0.29, 0.717) is 24.2 Å². The van der Waals surface area contributed by atoms with Gasteiger partial charge in [-0.1, -0.05) is 44.2 Å². The number of hydrogen-bond donors (Lipinski definition) is 0. The van der Waals surface area contributed by atoms with Crippen LogP contribution >= 0.6 is 11.8 Å². The van der Waals surface area contributed by atoms with E-state index < -0.39 is 0 Å². The summed E-state index contributed by atoms with van der Waals surface area (Å²) >= 11 is 1.87. The van der Waals surface area contributed by atoms with Crippen molar-refractivity contribution in [1.82, 2.24) is 9.78 Å². The third-order valence-corrected chi connectivity index (χ3v) is 5.20. The fraction of sp³-hybridized carbons (Fsp3) is 0.500. The molecule has 2 rings (SSSR count). The molecule has 0 aliphatic rings. The molecule has 0 fully saturated rings. The zero-order valence-electron chi connectivity index (χ0n) is 15.4. The molecule has 0 radical (unpaired) electrons. The van der Waals surface area contributed by atoms with Gasteiger partial charge in [-0.15, -0.1) is 0 Å². The Hall–Kier alpha value is -1.75. The van der Waals surface area contributed by atoms with E-state index in [4.69, 9.17) is 4.74 Å². The van der Waals surface area contributed by atoms with Crippen LogP contribution in [-0.4, -0.2) is 27.9 Å². The molecule has 2 aromatic rings. The second kappa shape index (κ2) is 10.3. The lowest BCUT2D eigenvalue weighted by molar-refractivity contribution is 0.304. The molecule has 4 nitrogen and oxygen atoms in total. The summed E-state index contributed by atoms with van der Waals surface area (Å²) in [5, 5.41) is 5.01. The minimum atomic E-state index is -0.132. The molecule has 1 aromatic carbocycles. The molecule has 0 bridgehead atoms. The van der Waals surface area contributed by atoms with E-state index >= 15 is 0 Å². The van der Waals surface area contributed by atoms with Gasteiger partial charge in [0.15, 0.2) is 5.75 Å². The predicted octanol–water partition coefficient (Wildman–Crippen LogP) is 4.15. The third-order valence-electron chi connectivity index (χ3n) is 4.16. The molecule has 0 saturated heterocycles. The molecule has 0 amide bonds. The topological polar surface area (TPSA) is 44.1 Å². The van der Waals surface area contributed by atoms with E-state index in [2.05, 4.69) is 18.3 Å². The van der Waals surface area contributed by atoms with Crippen molar-refractivity contribution >= 4 is 11.8 Å². The van der Waals surface area contributed by atoms with Crippen LogP contribution in [0.15, 0.2) is 41.3 Å². The van der Waals surface area contributed by atoms with Crippen LogP contribution in [0.5, 0.6) is 5.75 Å². The summed E-state index contributed by atoms with van der Waals surface area (Å²) in [5.41, 5.74) is 1.85. The van der Waals surface area contributed by atoms with Gasteiger partial charge in [-0.05, 0) is 37.5 Å². The quantitative estimate of drug-likeness (QED) is 0.638. The molecular formula is C20H28N2O2S. The van der Waals surface area contributed by atoms with Crippen LogP contribution in [0.3, 0.4) is 0 Å². The molecule has 0 aliphatic carbocycles. The molecule has 5 heteroatoms. The van der Waals surface area contributed by atoms with Crippen LogP contribution in [0.4, 0.5) is 0 Å². The first-order chi connectivity index (χ1) is 12.2. The van der Waals surface area contributed by atoms with Crippen molar-refractivity contribution in [3.05, 3.63) is 58.0 Å². The first-order valence-corrected chi connectivity index (χ1v) is 10.2. The number of nitrogens with zero attached hydrogens (tertiary/aromatic N) is 2. The van der Waals surface area contributed by atoms with Crippen molar-refractivity contribution < 1.29 is 4.74 Å². The van der Waals surface area contributed by atoms with Crippen LogP contribution in [0, 0.1) is 0 Å². The lowest BCUT2D eigenvalue weighted by Gasteiger charge is -2.13. The van der Waals surface area contributed by atoms with Crippen LogP contribution < -0.4 is 10.3 Å². The Morgan fingerprint density at radius 2 is 2.04 bits per heavy atom. The molecule has 0 spiro atoms. The van der Waals surface area contributed by atoms with Gasteiger partial charge < -0.3 is 4.74 Å². The first kappa shape index (κ1) is 19.6. The molecule has 0 saturated carbocycles. The highest BCUT2D eigenvalue weighted by Crippen LogP contribution is 2.19. The van der Waals surface area contributed by atoms with Crippen LogP contribution in [0.25, 0.3) is 0 Å². The lowest BCUT2D eigenvalue weighted by atomic mass is 10.1. The summed E-state index contributed by atoms with van der Waals surface area (Å²) in [5.74, 6) is 0.476. The highest BCUT2D eigenvalue weighted by Gasteiger charge is 2.13. The first-order valence-electron chi connectivity index (χ1n) is 8.94. The summed E-state index contributed by atoms with van der Waals surface area (Å²) < 4.78 is 7.30. The van der Waals surface area contributed by atoms with Gasteiger partial charge in [-0.3, -0.25) is 4.79 Å². The van der Waals surface area contributed by atoms with E-state index in [9.17, 15) is 4.79 Å². The monoisotopic (exact) mass is 360 g/mol. The molecule has 0 aliphatic heterocycles. The van der Waals surface area contributed by atoms with E-state index in [1.807, 2.05) is 49.0 Å². The van der Waals surface area contributed by atoms with Crippen molar-refractivity contribution in [2.75, 3.05) is 12.9 Å². The van der Waals surface area contributed by atoms with Crippen LogP contribution in [0.2, 0.25) is 0 Å². The van der Waals surface area contributed by atoms with Crippen molar-refractivity contribution in [3.8, 4) is 5.75 Å². The van der Waals surface area contributed by atoms with Crippen molar-refractivity contribution in [3.63, 3.8) is 0 Å². The Kier molecular flexibility index (Phi) is 8.06. The van der Waals surface area contributed by atoms with E-state index in [-0.39, 0.29) is 5.56 Å². The van der Waals surface area contributed by atoms with Gasteiger partial charge in [0.05, 0.1) is 19.3 Å². The molecule has 136 valence electrons. The number of ether oxygens (including phenoxy) is 1. The number of aryl methyl sites for hydroxylation is 1. The van der Waals surface area contributed by atoms with Crippen LogP contribution in [0.1, 0.15) is 44.2 Å². The Balaban J connectivity index is 2.19. The maximum atomic E-state index is 12.8. The molecule has 1 heterocycles. The molecular weight excluding hydrogens is 332 g/mol. The van der Waals surface area contributed by atoms with Gasteiger partial charge in [-0.25, -0.2) is 4.68 Å². The maximum absolute atomic E-state index is 12.8. The largest absolute Gasteiger partial charge is 0.488 e. The van der Waals surface area contributed by atoms with Gasteiger partial charge in [0.25, 0.3) is 0 Å². The van der Waals surface area contributed by atoms with Crippen molar-refractivity contribution in [1.29, 1.82) is 0 Å². The summed E-state index contributed by atoms with van der Waals surface area (Å²) in [6, 6.07) is 9.90. The summed E-state index contributed by atoms with van der Waals surface area (Å²) in [7, 11) is 0. The number of hydrogen-bond acceptors (Lipinski definition) is 4. The Bertz CT molecular complexity index is 701. The van der Waals surface area contributed by atoms with E-state index in [1.165, 1.54) is 4.68 Å². The predicted molar refractivity (Wildman–Crippen MR) is 106 cm³/mol. The van der Waals surface area contributed by atoms with Gasteiger partial charge in [-0.2, -0.15) is 16.9 Å². The Morgan fingerprint density at radius 3 is 2.72 bits per heavy atom. The van der Waals surface area contributed by atoms with E-state index in [1.54, 1.807) is 6.20 Å². The average Bonchev–Trinajstić information content (AvgIpc) is 2.64. The van der Waals surface area contributed by atoms with Gasteiger partial charge >= 0.3 is 5.56 Å². The number of aromatic nitrogens is 2. The Labute approximate surface area is 154 Å². The standard InChI is InChI=1S/C20H28N2O2S/c1-4-13-24-19-18(12-8-9-16(2)25-3)14-21-22(20(19)23)15-17-10-6-5-7-11-17/h5-7,10-11,14,16H,4,8-9,12-13,15H2,1-3H3. The second-order valence-corrected chi connectivity index (χ2v) is 7.51. The lowest BCUT2D eigenvalue weighted by Crippen LogP contribution is -2.26. The minimum Gasteiger partial charge on any atom is -0.488 e. The minimum absolute atomic E-state index is 0.132. The smallest absolute Gasteiger partial charge is 0.309 e. The third kappa shape index (κ3) is 5.92. The van der Waals surface area contributed by atoms with Gasteiger partial charge in [0.2, 0.25) is 0 Å². The Morgan fingerprint density at radius 1 is 1.28 bits per heavy atom. The highest BCUT2D eigenvalue weighted by molar-refractivity contribution is 7.99. The summed E-state index contributed by atoms with van der Waals surface area (Å²) in [4.78, 5) is 12.8. The summed E-state index contributed by atoms with van der Waals surface area (Å²) in [6.45, 7) is 5.30.